The van der Waals surface area contributed by atoms with Gasteiger partial charge < -0.3 is 11.1 Å². The van der Waals surface area contributed by atoms with Crippen LogP contribution in [-0.4, -0.2) is 18.5 Å². The lowest BCUT2D eigenvalue weighted by atomic mass is 10.4. The maximum atomic E-state index is 10.2. The summed E-state index contributed by atoms with van der Waals surface area (Å²) in [6.45, 7) is 3.88. The molecule has 8 heavy (non-hydrogen) atoms. The molecule has 0 aliphatic heterocycles. The second-order valence-corrected chi connectivity index (χ2v) is 1.91. The topological polar surface area (TPSA) is 55.1 Å². The number of hydrogen-bond donors (Lipinski definition) is 2. The number of carbonyl (C=O) groups excluding carboxylic acids is 1. The van der Waals surface area contributed by atoms with Gasteiger partial charge in [-0.2, -0.15) is 0 Å². The highest BCUT2D eigenvalue weighted by Gasteiger charge is 1.92. The zero-order chi connectivity index (χ0) is 6.57. The predicted octanol–water partition coefficient (Wildman–Crippen LogP) is -0.530. The van der Waals surface area contributed by atoms with Gasteiger partial charge in [-0.05, 0) is 6.92 Å². The van der Waals surface area contributed by atoms with E-state index in [0.717, 1.165) is 0 Å². The molecule has 48 valence electrons. The molecule has 0 saturated heterocycles. The fourth-order valence-electron chi connectivity index (χ4n) is 0.305. The Kier molecular flexibility index (Phi) is 3.19. The van der Waals surface area contributed by atoms with E-state index in [1.165, 1.54) is 6.92 Å². The number of nitrogens with two attached hydrogens (primary N) is 1. The van der Waals surface area contributed by atoms with Crippen LogP contribution in [0, 0.1) is 0 Å². The van der Waals surface area contributed by atoms with E-state index >= 15 is 0 Å². The molecule has 0 aromatic rings. The minimum Gasteiger partial charge on any atom is -0.355 e. The van der Waals surface area contributed by atoms with Gasteiger partial charge in [0, 0.05) is 19.5 Å². The molecule has 0 saturated carbocycles. The fraction of sp³-hybridized carbons (Fsp3) is 0.800. The molecule has 0 aliphatic carbocycles. The van der Waals surface area contributed by atoms with E-state index in [4.69, 9.17) is 5.73 Å². The summed E-state index contributed by atoms with van der Waals surface area (Å²) in [6.07, 6.45) is 0. The van der Waals surface area contributed by atoms with Crippen LogP contribution in [0.3, 0.4) is 0 Å². The van der Waals surface area contributed by atoms with Gasteiger partial charge in [0.2, 0.25) is 5.91 Å². The quantitative estimate of drug-likeness (QED) is 0.509. The SMILES string of the molecule is CC(=O)NC[C@@H](C)N. The molecule has 0 radical (unpaired) electrons. The van der Waals surface area contributed by atoms with E-state index in [1.54, 1.807) is 0 Å². The van der Waals surface area contributed by atoms with Gasteiger partial charge >= 0.3 is 0 Å². The van der Waals surface area contributed by atoms with Crippen LogP contribution in [-0.2, 0) is 4.79 Å². The lowest BCUT2D eigenvalue weighted by Gasteiger charge is -2.03. The molecular weight excluding hydrogens is 104 g/mol. The van der Waals surface area contributed by atoms with Crippen LogP contribution < -0.4 is 11.1 Å². The van der Waals surface area contributed by atoms with Gasteiger partial charge in [-0.25, -0.2) is 0 Å². The Morgan fingerprint density at radius 1 is 1.88 bits per heavy atom. The highest BCUT2D eigenvalue weighted by atomic mass is 16.1. The van der Waals surface area contributed by atoms with Crippen molar-refractivity contribution in [2.45, 2.75) is 19.9 Å². The van der Waals surface area contributed by atoms with Crippen LogP contribution in [0.1, 0.15) is 13.8 Å². The van der Waals surface area contributed by atoms with E-state index in [0.29, 0.717) is 6.54 Å². The molecule has 0 rings (SSSR count). The van der Waals surface area contributed by atoms with Gasteiger partial charge in [0.15, 0.2) is 0 Å². The lowest BCUT2D eigenvalue weighted by Crippen LogP contribution is -2.33. The second-order valence-electron chi connectivity index (χ2n) is 1.91. The van der Waals surface area contributed by atoms with Gasteiger partial charge in [-0.15, -0.1) is 0 Å². The van der Waals surface area contributed by atoms with E-state index < -0.39 is 0 Å². The standard InChI is InChI=1S/C5H12N2O/c1-4(6)3-7-5(2)8/h4H,3,6H2,1-2H3,(H,7,8)/t4-/m1/s1. The van der Waals surface area contributed by atoms with Crippen LogP contribution in [0.15, 0.2) is 0 Å². The Balaban J connectivity index is 3.05. The van der Waals surface area contributed by atoms with Crippen molar-refractivity contribution in [2.24, 2.45) is 5.73 Å². The first-order chi connectivity index (χ1) is 3.63. The van der Waals surface area contributed by atoms with E-state index in [-0.39, 0.29) is 11.9 Å². The summed E-state index contributed by atoms with van der Waals surface area (Å²) in [5.74, 6) is -0.0256. The Bertz CT molecular complexity index is 80.5. The first kappa shape index (κ1) is 7.43. The third-order valence-electron chi connectivity index (χ3n) is 0.673. The van der Waals surface area contributed by atoms with Crippen LogP contribution in [0.2, 0.25) is 0 Å². The van der Waals surface area contributed by atoms with Gasteiger partial charge in [0.25, 0.3) is 0 Å². The summed E-state index contributed by atoms with van der Waals surface area (Å²) in [5, 5.41) is 2.58. The zero-order valence-corrected chi connectivity index (χ0v) is 5.27. The summed E-state index contributed by atoms with van der Waals surface area (Å²) in [4.78, 5) is 10.2. The molecule has 0 bridgehead atoms. The molecule has 0 fully saturated rings. The number of amides is 1. The van der Waals surface area contributed by atoms with Crippen LogP contribution >= 0.6 is 0 Å². The molecule has 3 nitrogen and oxygen atoms in total. The van der Waals surface area contributed by atoms with Gasteiger partial charge in [-0.1, -0.05) is 0 Å². The minimum atomic E-state index is -0.0256. The highest BCUT2D eigenvalue weighted by molar-refractivity contribution is 5.72. The van der Waals surface area contributed by atoms with Gasteiger partial charge in [0.05, 0.1) is 0 Å². The Labute approximate surface area is 49.3 Å². The summed E-state index contributed by atoms with van der Waals surface area (Å²) in [7, 11) is 0. The monoisotopic (exact) mass is 116 g/mol. The summed E-state index contributed by atoms with van der Waals surface area (Å²) < 4.78 is 0. The fourth-order valence-corrected chi connectivity index (χ4v) is 0.305. The molecule has 0 heterocycles. The van der Waals surface area contributed by atoms with E-state index in [2.05, 4.69) is 5.32 Å². The molecule has 1 atom stereocenters. The van der Waals surface area contributed by atoms with Crippen molar-refractivity contribution in [3.05, 3.63) is 0 Å². The number of rotatable bonds is 2. The van der Waals surface area contributed by atoms with Crippen LogP contribution in [0.5, 0.6) is 0 Å². The van der Waals surface area contributed by atoms with Crippen molar-refractivity contribution in [2.75, 3.05) is 6.54 Å². The maximum absolute atomic E-state index is 10.2. The molecular formula is C5H12N2O. The molecule has 3 heteroatoms. The van der Waals surface area contributed by atoms with Crippen LogP contribution in [0.4, 0.5) is 0 Å². The molecule has 0 unspecified atom stereocenters. The third-order valence-corrected chi connectivity index (χ3v) is 0.673. The second kappa shape index (κ2) is 3.43. The first-order valence-electron chi connectivity index (χ1n) is 2.63. The predicted molar refractivity (Wildman–Crippen MR) is 32.3 cm³/mol. The summed E-state index contributed by atoms with van der Waals surface area (Å²) in [6, 6.07) is 0.0545. The zero-order valence-electron chi connectivity index (χ0n) is 5.27. The summed E-state index contributed by atoms with van der Waals surface area (Å²) in [5.41, 5.74) is 5.33. The highest BCUT2D eigenvalue weighted by Crippen LogP contribution is 1.68. The molecule has 3 N–H and O–H groups in total. The number of carbonyl (C=O) groups is 1. The average Bonchev–Trinajstić information content (AvgIpc) is 1.61. The Morgan fingerprint density at radius 3 is 2.50 bits per heavy atom. The Morgan fingerprint density at radius 2 is 2.38 bits per heavy atom. The molecule has 0 aliphatic rings. The van der Waals surface area contributed by atoms with Crippen molar-refractivity contribution < 1.29 is 4.79 Å². The molecule has 0 aromatic carbocycles. The van der Waals surface area contributed by atoms with Gasteiger partial charge in [0.1, 0.15) is 0 Å². The molecule has 0 aromatic heterocycles. The average molecular weight is 116 g/mol. The summed E-state index contributed by atoms with van der Waals surface area (Å²) >= 11 is 0. The third kappa shape index (κ3) is 5.43. The lowest BCUT2D eigenvalue weighted by molar-refractivity contribution is -0.119. The molecule has 1 amide bonds. The number of nitrogens with one attached hydrogen (secondary N) is 1. The maximum Gasteiger partial charge on any atom is 0.216 e. The van der Waals surface area contributed by atoms with Crippen molar-refractivity contribution in [3.8, 4) is 0 Å². The normalized spacial score (nSPS) is 12.9. The van der Waals surface area contributed by atoms with Crippen molar-refractivity contribution >= 4 is 5.91 Å². The van der Waals surface area contributed by atoms with Crippen LogP contribution in [0.25, 0.3) is 0 Å². The Hall–Kier alpha value is -0.570. The first-order valence-corrected chi connectivity index (χ1v) is 2.63. The van der Waals surface area contributed by atoms with Crippen molar-refractivity contribution in [1.29, 1.82) is 0 Å². The minimum absolute atomic E-state index is 0.0256. The van der Waals surface area contributed by atoms with Gasteiger partial charge in [-0.3, -0.25) is 4.79 Å². The smallest absolute Gasteiger partial charge is 0.216 e. The largest absolute Gasteiger partial charge is 0.355 e. The van der Waals surface area contributed by atoms with E-state index in [9.17, 15) is 4.79 Å². The molecule has 0 spiro atoms. The van der Waals surface area contributed by atoms with Crippen molar-refractivity contribution in [1.82, 2.24) is 5.32 Å². The number of hydrogen-bond acceptors (Lipinski definition) is 2. The van der Waals surface area contributed by atoms with Crippen molar-refractivity contribution in [3.63, 3.8) is 0 Å². The van der Waals surface area contributed by atoms with E-state index in [1.807, 2.05) is 6.92 Å².